The van der Waals surface area contributed by atoms with E-state index in [1.54, 1.807) is 12.5 Å². The van der Waals surface area contributed by atoms with E-state index < -0.39 is 0 Å². The summed E-state index contributed by atoms with van der Waals surface area (Å²) in [7, 11) is 0. The number of aliphatic hydroxyl groups excluding tert-OH is 1. The lowest BCUT2D eigenvalue weighted by Crippen LogP contribution is -2.46. The Labute approximate surface area is 159 Å². The van der Waals surface area contributed by atoms with E-state index in [9.17, 15) is 9.90 Å². The standard InChI is InChI=1S/C20H27N5O2/c1-20(2,3)17(12-24-11-9-21-14-24)23-19(27)8-10-25-16-7-5-4-6-15(16)22-18(25)13-26/h4-7,9,11,14,17,26H,8,10,12-13H2,1-3H3,(H,23,27)/t17-/m1/s1. The van der Waals surface area contributed by atoms with Crippen LogP contribution < -0.4 is 5.32 Å². The quantitative estimate of drug-likeness (QED) is 0.669. The molecule has 1 atom stereocenters. The minimum Gasteiger partial charge on any atom is -0.388 e. The highest BCUT2D eigenvalue weighted by molar-refractivity contribution is 5.78. The molecule has 0 aliphatic heterocycles. The van der Waals surface area contributed by atoms with Crippen LogP contribution in [-0.4, -0.2) is 36.2 Å². The molecular weight excluding hydrogens is 342 g/mol. The van der Waals surface area contributed by atoms with Gasteiger partial charge < -0.3 is 19.6 Å². The van der Waals surface area contributed by atoms with E-state index >= 15 is 0 Å². The van der Waals surface area contributed by atoms with E-state index in [1.165, 1.54) is 0 Å². The van der Waals surface area contributed by atoms with Gasteiger partial charge in [0.15, 0.2) is 0 Å². The van der Waals surface area contributed by atoms with E-state index in [0.29, 0.717) is 25.3 Å². The number of rotatable bonds is 7. The van der Waals surface area contributed by atoms with Gasteiger partial charge in [0.1, 0.15) is 12.4 Å². The van der Waals surface area contributed by atoms with Crippen molar-refractivity contribution in [2.75, 3.05) is 0 Å². The molecule has 27 heavy (non-hydrogen) atoms. The van der Waals surface area contributed by atoms with E-state index in [1.807, 2.05) is 39.6 Å². The second kappa shape index (κ2) is 7.92. The number of amides is 1. The molecule has 0 bridgehead atoms. The van der Waals surface area contributed by atoms with Crippen LogP contribution in [0, 0.1) is 5.41 Å². The van der Waals surface area contributed by atoms with E-state index in [2.05, 4.69) is 36.1 Å². The lowest BCUT2D eigenvalue weighted by atomic mass is 9.86. The lowest BCUT2D eigenvalue weighted by molar-refractivity contribution is -0.122. The summed E-state index contributed by atoms with van der Waals surface area (Å²) < 4.78 is 3.89. The second-order valence-electron chi connectivity index (χ2n) is 7.82. The molecular formula is C20H27N5O2. The van der Waals surface area contributed by atoms with Crippen LogP contribution in [0.1, 0.15) is 33.0 Å². The van der Waals surface area contributed by atoms with Crippen molar-refractivity contribution in [2.45, 2.75) is 52.9 Å². The number of imidazole rings is 2. The number of hydrogen-bond acceptors (Lipinski definition) is 4. The Balaban J connectivity index is 1.68. The SMILES string of the molecule is CC(C)(C)[C@@H](Cn1ccnc1)NC(=O)CCn1c(CO)nc2ccccc21. The third kappa shape index (κ3) is 4.54. The molecule has 0 radical (unpaired) electrons. The van der Waals surface area contributed by atoms with Gasteiger partial charge in [-0.2, -0.15) is 0 Å². The number of para-hydroxylation sites is 2. The number of aliphatic hydroxyl groups is 1. The third-order valence-corrected chi connectivity index (χ3v) is 4.77. The molecule has 2 heterocycles. The van der Waals surface area contributed by atoms with Crippen LogP contribution in [0.25, 0.3) is 11.0 Å². The molecule has 0 fully saturated rings. The van der Waals surface area contributed by atoms with Crippen molar-refractivity contribution in [3.05, 3.63) is 48.8 Å². The predicted octanol–water partition coefficient (Wildman–Crippen LogP) is 2.35. The van der Waals surface area contributed by atoms with E-state index in [0.717, 1.165) is 11.0 Å². The molecule has 7 heteroatoms. The van der Waals surface area contributed by atoms with Gasteiger partial charge in [-0.1, -0.05) is 32.9 Å². The largest absolute Gasteiger partial charge is 0.388 e. The summed E-state index contributed by atoms with van der Waals surface area (Å²) in [6.07, 6.45) is 5.72. The monoisotopic (exact) mass is 369 g/mol. The van der Waals surface area contributed by atoms with Crippen LogP contribution in [0.3, 0.4) is 0 Å². The zero-order valence-electron chi connectivity index (χ0n) is 16.1. The fraction of sp³-hybridized carbons (Fsp3) is 0.450. The van der Waals surface area contributed by atoms with Gasteiger partial charge in [-0.15, -0.1) is 0 Å². The number of carbonyl (C=O) groups excluding carboxylic acids is 1. The normalized spacial score (nSPS) is 13.0. The number of carbonyl (C=O) groups is 1. The van der Waals surface area contributed by atoms with Gasteiger partial charge in [-0.05, 0) is 17.5 Å². The highest BCUT2D eigenvalue weighted by atomic mass is 16.3. The van der Waals surface area contributed by atoms with Crippen LogP contribution in [0.2, 0.25) is 0 Å². The van der Waals surface area contributed by atoms with Gasteiger partial charge in [0.05, 0.1) is 23.4 Å². The van der Waals surface area contributed by atoms with Crippen molar-refractivity contribution in [3.8, 4) is 0 Å². The van der Waals surface area contributed by atoms with Gasteiger partial charge in [-0.25, -0.2) is 9.97 Å². The number of aromatic nitrogens is 4. The molecule has 3 aromatic rings. The molecule has 1 aromatic carbocycles. The number of hydrogen-bond donors (Lipinski definition) is 2. The van der Waals surface area contributed by atoms with Crippen molar-refractivity contribution >= 4 is 16.9 Å². The highest BCUT2D eigenvalue weighted by Gasteiger charge is 2.26. The van der Waals surface area contributed by atoms with E-state index in [4.69, 9.17) is 0 Å². The van der Waals surface area contributed by atoms with Crippen LogP contribution in [-0.2, 0) is 24.5 Å². The summed E-state index contributed by atoms with van der Waals surface area (Å²) >= 11 is 0. The van der Waals surface area contributed by atoms with Gasteiger partial charge in [0.2, 0.25) is 5.91 Å². The maximum Gasteiger partial charge on any atom is 0.222 e. The summed E-state index contributed by atoms with van der Waals surface area (Å²) in [6.45, 7) is 7.34. The molecule has 0 aliphatic rings. The zero-order valence-corrected chi connectivity index (χ0v) is 16.1. The molecule has 0 unspecified atom stereocenters. The molecule has 0 spiro atoms. The Bertz CT molecular complexity index is 893. The first-order chi connectivity index (χ1) is 12.9. The van der Waals surface area contributed by atoms with Gasteiger partial charge in [-0.3, -0.25) is 4.79 Å². The van der Waals surface area contributed by atoms with Crippen molar-refractivity contribution < 1.29 is 9.90 Å². The molecule has 2 aromatic heterocycles. The molecule has 144 valence electrons. The maximum absolute atomic E-state index is 12.6. The number of fused-ring (bicyclic) bond motifs is 1. The fourth-order valence-electron chi connectivity index (χ4n) is 3.12. The van der Waals surface area contributed by atoms with Crippen molar-refractivity contribution in [3.63, 3.8) is 0 Å². The molecule has 2 N–H and O–H groups in total. The van der Waals surface area contributed by atoms with Crippen LogP contribution in [0.4, 0.5) is 0 Å². The molecule has 7 nitrogen and oxygen atoms in total. The Morgan fingerprint density at radius 1 is 1.30 bits per heavy atom. The number of nitrogens with one attached hydrogen (secondary N) is 1. The minimum absolute atomic E-state index is 0.0169. The topological polar surface area (TPSA) is 85.0 Å². The molecule has 0 aliphatic carbocycles. The molecule has 0 saturated carbocycles. The molecule has 1 amide bonds. The van der Waals surface area contributed by atoms with Gasteiger partial charge in [0, 0.05) is 31.9 Å². The van der Waals surface area contributed by atoms with Crippen molar-refractivity contribution in [1.82, 2.24) is 24.4 Å². The molecule has 0 saturated heterocycles. The third-order valence-electron chi connectivity index (χ3n) is 4.77. The van der Waals surface area contributed by atoms with E-state index in [-0.39, 0.29) is 24.0 Å². The van der Waals surface area contributed by atoms with Crippen LogP contribution >= 0.6 is 0 Å². The summed E-state index contributed by atoms with van der Waals surface area (Å²) in [4.78, 5) is 21.1. The summed E-state index contributed by atoms with van der Waals surface area (Å²) in [5.41, 5.74) is 1.67. The summed E-state index contributed by atoms with van der Waals surface area (Å²) in [6, 6.07) is 7.69. The smallest absolute Gasteiger partial charge is 0.222 e. The number of aryl methyl sites for hydroxylation is 1. The first-order valence-corrected chi connectivity index (χ1v) is 9.18. The average molecular weight is 369 g/mol. The minimum atomic E-state index is -0.151. The number of benzene rings is 1. The fourth-order valence-corrected chi connectivity index (χ4v) is 3.12. The molecule has 3 rings (SSSR count). The van der Waals surface area contributed by atoms with Gasteiger partial charge >= 0.3 is 0 Å². The summed E-state index contributed by atoms with van der Waals surface area (Å²) in [5, 5.41) is 12.7. The second-order valence-corrected chi connectivity index (χ2v) is 7.82. The maximum atomic E-state index is 12.6. The Morgan fingerprint density at radius 2 is 2.07 bits per heavy atom. The lowest BCUT2D eigenvalue weighted by Gasteiger charge is -2.32. The average Bonchev–Trinajstić information content (AvgIpc) is 3.25. The van der Waals surface area contributed by atoms with Gasteiger partial charge in [0.25, 0.3) is 0 Å². The Morgan fingerprint density at radius 3 is 2.74 bits per heavy atom. The van der Waals surface area contributed by atoms with Crippen molar-refractivity contribution in [2.24, 2.45) is 5.41 Å². The first kappa shape index (κ1) is 19.1. The highest BCUT2D eigenvalue weighted by Crippen LogP contribution is 2.21. The number of nitrogens with zero attached hydrogens (tertiary/aromatic N) is 4. The Kier molecular flexibility index (Phi) is 5.60. The Hall–Kier alpha value is -2.67. The van der Waals surface area contributed by atoms with Crippen molar-refractivity contribution in [1.29, 1.82) is 0 Å². The van der Waals surface area contributed by atoms with Crippen LogP contribution in [0.5, 0.6) is 0 Å². The first-order valence-electron chi connectivity index (χ1n) is 9.18. The summed E-state index contributed by atoms with van der Waals surface area (Å²) in [5.74, 6) is 0.562. The van der Waals surface area contributed by atoms with Crippen LogP contribution in [0.15, 0.2) is 43.0 Å². The predicted molar refractivity (Wildman–Crippen MR) is 104 cm³/mol. The zero-order chi connectivity index (χ0) is 19.4.